The highest BCUT2D eigenvalue weighted by Gasteiger charge is 2.15. The summed E-state index contributed by atoms with van der Waals surface area (Å²) < 4.78 is 4.90. The van der Waals surface area contributed by atoms with Crippen molar-refractivity contribution in [3.8, 4) is 0 Å². The molecule has 14 heavy (non-hydrogen) atoms. The number of ether oxygens (including phenoxy) is 1. The van der Waals surface area contributed by atoms with Crippen molar-refractivity contribution in [2.24, 2.45) is 0 Å². The first-order chi connectivity index (χ1) is 6.76. The van der Waals surface area contributed by atoms with Crippen molar-refractivity contribution in [1.29, 1.82) is 0 Å². The van der Waals surface area contributed by atoms with Crippen molar-refractivity contribution in [3.05, 3.63) is 0 Å². The summed E-state index contributed by atoms with van der Waals surface area (Å²) in [6.45, 7) is 5.13. The molecule has 0 bridgehead atoms. The molecular weight excluding hydrogens is 182 g/mol. The van der Waals surface area contributed by atoms with E-state index in [4.69, 9.17) is 9.84 Å². The van der Waals surface area contributed by atoms with E-state index in [2.05, 4.69) is 5.32 Å². The lowest BCUT2D eigenvalue weighted by Gasteiger charge is -2.14. The van der Waals surface area contributed by atoms with E-state index in [0.29, 0.717) is 6.61 Å². The average molecular weight is 203 g/mol. The highest BCUT2D eigenvalue weighted by molar-refractivity contribution is 5.75. The Labute approximate surface area is 85.6 Å². The molecule has 1 unspecified atom stereocenters. The van der Waals surface area contributed by atoms with Gasteiger partial charge in [-0.3, -0.25) is 4.79 Å². The number of carbonyl (C=O) groups excluding carboxylic acids is 1. The molecular formula is C10H21NO3. The maximum absolute atomic E-state index is 11.3. The van der Waals surface area contributed by atoms with Crippen LogP contribution in [0.3, 0.4) is 0 Å². The maximum Gasteiger partial charge on any atom is 0.323 e. The molecule has 0 spiro atoms. The summed E-state index contributed by atoms with van der Waals surface area (Å²) in [5.41, 5.74) is 0. The Kier molecular flexibility index (Phi) is 8.57. The lowest BCUT2D eigenvalue weighted by atomic mass is 10.2. The minimum atomic E-state index is -0.200. The molecule has 4 nitrogen and oxygen atoms in total. The van der Waals surface area contributed by atoms with Crippen LogP contribution in [0.15, 0.2) is 0 Å². The van der Waals surface area contributed by atoms with Crippen LogP contribution in [0.1, 0.15) is 33.1 Å². The van der Waals surface area contributed by atoms with E-state index in [0.717, 1.165) is 25.8 Å². The van der Waals surface area contributed by atoms with Gasteiger partial charge in [0.1, 0.15) is 6.04 Å². The van der Waals surface area contributed by atoms with Crippen LogP contribution in [0.5, 0.6) is 0 Å². The molecule has 1 atom stereocenters. The largest absolute Gasteiger partial charge is 0.465 e. The summed E-state index contributed by atoms with van der Waals surface area (Å²) >= 11 is 0. The second kappa shape index (κ2) is 8.97. The van der Waals surface area contributed by atoms with Crippen molar-refractivity contribution < 1.29 is 14.6 Å². The van der Waals surface area contributed by atoms with Crippen LogP contribution >= 0.6 is 0 Å². The van der Waals surface area contributed by atoms with Gasteiger partial charge in [-0.25, -0.2) is 0 Å². The number of nitrogens with one attached hydrogen (secondary N) is 1. The predicted molar refractivity (Wildman–Crippen MR) is 55.0 cm³/mol. The Morgan fingerprint density at radius 2 is 2.14 bits per heavy atom. The molecule has 0 aromatic carbocycles. The lowest BCUT2D eigenvalue weighted by molar-refractivity contribution is -0.145. The van der Waals surface area contributed by atoms with Gasteiger partial charge < -0.3 is 15.2 Å². The number of esters is 1. The zero-order valence-electron chi connectivity index (χ0n) is 9.08. The molecule has 0 radical (unpaired) electrons. The fraction of sp³-hybridized carbons (Fsp3) is 0.900. The lowest BCUT2D eigenvalue weighted by Crippen LogP contribution is -2.38. The highest BCUT2D eigenvalue weighted by atomic mass is 16.5. The summed E-state index contributed by atoms with van der Waals surface area (Å²) in [6, 6.07) is -0.200. The first-order valence-electron chi connectivity index (χ1n) is 5.27. The SMILES string of the molecule is CCOC(=O)C(CC)NCCCCO. The van der Waals surface area contributed by atoms with Gasteiger partial charge in [0.25, 0.3) is 0 Å². The van der Waals surface area contributed by atoms with Gasteiger partial charge in [-0.1, -0.05) is 6.92 Å². The summed E-state index contributed by atoms with van der Waals surface area (Å²) in [5, 5.41) is 11.7. The third-order valence-electron chi connectivity index (χ3n) is 1.95. The Morgan fingerprint density at radius 3 is 2.64 bits per heavy atom. The Bertz CT molecular complexity index is 150. The van der Waals surface area contributed by atoms with Crippen molar-refractivity contribution in [2.75, 3.05) is 19.8 Å². The first-order valence-corrected chi connectivity index (χ1v) is 5.27. The molecule has 0 aromatic rings. The summed E-state index contributed by atoms with van der Waals surface area (Å²) in [5.74, 6) is -0.181. The van der Waals surface area contributed by atoms with Crippen molar-refractivity contribution in [2.45, 2.75) is 39.2 Å². The Hall–Kier alpha value is -0.610. The number of aliphatic hydroxyl groups excluding tert-OH is 1. The van der Waals surface area contributed by atoms with Crippen molar-refractivity contribution in [1.82, 2.24) is 5.32 Å². The third kappa shape index (κ3) is 5.94. The van der Waals surface area contributed by atoms with Gasteiger partial charge in [0, 0.05) is 6.61 Å². The van der Waals surface area contributed by atoms with Gasteiger partial charge >= 0.3 is 5.97 Å². The number of hydrogen-bond acceptors (Lipinski definition) is 4. The molecule has 0 amide bonds. The van der Waals surface area contributed by atoms with Gasteiger partial charge in [0.05, 0.1) is 6.61 Å². The zero-order valence-corrected chi connectivity index (χ0v) is 9.08. The standard InChI is InChI=1S/C10H21NO3/c1-3-9(10(13)14-4-2)11-7-5-6-8-12/h9,11-12H,3-8H2,1-2H3. The van der Waals surface area contributed by atoms with Gasteiger partial charge in [0.2, 0.25) is 0 Å². The third-order valence-corrected chi connectivity index (χ3v) is 1.95. The van der Waals surface area contributed by atoms with E-state index in [-0.39, 0.29) is 18.6 Å². The smallest absolute Gasteiger partial charge is 0.323 e. The molecule has 0 saturated carbocycles. The summed E-state index contributed by atoms with van der Waals surface area (Å²) in [7, 11) is 0. The first kappa shape index (κ1) is 13.4. The second-order valence-corrected chi connectivity index (χ2v) is 3.10. The molecule has 0 aliphatic carbocycles. The quantitative estimate of drug-likeness (QED) is 0.450. The van der Waals surface area contributed by atoms with Crippen LogP contribution < -0.4 is 5.32 Å². The zero-order chi connectivity index (χ0) is 10.8. The van der Waals surface area contributed by atoms with E-state index < -0.39 is 0 Å². The number of carbonyl (C=O) groups is 1. The molecule has 0 fully saturated rings. The van der Waals surface area contributed by atoms with Gasteiger partial charge in [0.15, 0.2) is 0 Å². The maximum atomic E-state index is 11.3. The second-order valence-electron chi connectivity index (χ2n) is 3.10. The number of aliphatic hydroxyl groups is 1. The van der Waals surface area contributed by atoms with Crippen LogP contribution in [0.2, 0.25) is 0 Å². The normalized spacial score (nSPS) is 12.5. The molecule has 4 heteroatoms. The predicted octanol–water partition coefficient (Wildman–Crippen LogP) is 0.690. The highest BCUT2D eigenvalue weighted by Crippen LogP contribution is 1.96. The average Bonchev–Trinajstić information content (AvgIpc) is 2.18. The Morgan fingerprint density at radius 1 is 1.43 bits per heavy atom. The van der Waals surface area contributed by atoms with Crippen molar-refractivity contribution in [3.63, 3.8) is 0 Å². The van der Waals surface area contributed by atoms with Gasteiger partial charge in [-0.15, -0.1) is 0 Å². The van der Waals surface area contributed by atoms with E-state index >= 15 is 0 Å². The molecule has 2 N–H and O–H groups in total. The molecule has 0 rings (SSSR count). The number of rotatable bonds is 8. The van der Waals surface area contributed by atoms with E-state index in [1.54, 1.807) is 6.92 Å². The minimum Gasteiger partial charge on any atom is -0.465 e. The molecule has 0 aromatic heterocycles. The van der Waals surface area contributed by atoms with E-state index in [1.165, 1.54) is 0 Å². The molecule has 0 aliphatic rings. The number of hydrogen-bond donors (Lipinski definition) is 2. The van der Waals surface area contributed by atoms with Crippen LogP contribution in [-0.4, -0.2) is 36.9 Å². The topological polar surface area (TPSA) is 58.6 Å². The Balaban J connectivity index is 3.62. The fourth-order valence-electron chi connectivity index (χ4n) is 1.15. The van der Waals surface area contributed by atoms with E-state index in [1.807, 2.05) is 6.92 Å². The van der Waals surface area contributed by atoms with Gasteiger partial charge in [-0.2, -0.15) is 0 Å². The van der Waals surface area contributed by atoms with Crippen LogP contribution in [0.25, 0.3) is 0 Å². The molecule has 0 saturated heterocycles. The van der Waals surface area contributed by atoms with Gasteiger partial charge in [-0.05, 0) is 32.7 Å². The molecule has 0 aliphatic heterocycles. The van der Waals surface area contributed by atoms with Crippen LogP contribution in [0, 0.1) is 0 Å². The molecule has 84 valence electrons. The molecule has 0 heterocycles. The van der Waals surface area contributed by atoms with Crippen LogP contribution in [0.4, 0.5) is 0 Å². The van der Waals surface area contributed by atoms with E-state index in [9.17, 15) is 4.79 Å². The van der Waals surface area contributed by atoms with Crippen LogP contribution in [-0.2, 0) is 9.53 Å². The minimum absolute atomic E-state index is 0.181. The summed E-state index contributed by atoms with van der Waals surface area (Å²) in [4.78, 5) is 11.3. The number of unbranched alkanes of at least 4 members (excludes halogenated alkanes) is 1. The summed E-state index contributed by atoms with van der Waals surface area (Å²) in [6.07, 6.45) is 2.39. The monoisotopic (exact) mass is 203 g/mol. The fourth-order valence-corrected chi connectivity index (χ4v) is 1.15. The van der Waals surface area contributed by atoms with Crippen molar-refractivity contribution >= 4 is 5.97 Å².